The first kappa shape index (κ1) is 23.7. The molecule has 39 heavy (non-hydrogen) atoms. The minimum absolute atomic E-state index is 0.181. The van der Waals surface area contributed by atoms with Gasteiger partial charge in [0.25, 0.3) is 11.7 Å². The Bertz CT molecular complexity index is 2000. The van der Waals surface area contributed by atoms with Gasteiger partial charge in [0.15, 0.2) is 11.0 Å². The molecule has 0 spiro atoms. The highest BCUT2D eigenvalue weighted by atomic mass is 32.1. The van der Waals surface area contributed by atoms with Crippen LogP contribution in [0.1, 0.15) is 10.4 Å². The lowest BCUT2D eigenvalue weighted by molar-refractivity contribution is -0.633. The Kier molecular flexibility index (Phi) is 5.18. The third-order valence-corrected chi connectivity index (χ3v) is 8.35. The Labute approximate surface area is 225 Å². The van der Waals surface area contributed by atoms with Crippen molar-refractivity contribution >= 4 is 43.4 Å². The average Bonchev–Trinajstić information content (AvgIpc) is 3.60. The maximum absolute atomic E-state index is 14.3. The number of hydrogen-bond donors (Lipinski definition) is 0. The molecule has 4 heterocycles. The van der Waals surface area contributed by atoms with Crippen molar-refractivity contribution in [2.45, 2.75) is 13.1 Å². The van der Waals surface area contributed by atoms with Crippen LogP contribution in [0, 0.1) is 6.92 Å². The summed E-state index contributed by atoms with van der Waals surface area (Å²) in [6.07, 6.45) is -1.44. The monoisotopic (exact) mass is 540 g/mol. The summed E-state index contributed by atoms with van der Waals surface area (Å²) in [5.41, 5.74) is 5.03. The van der Waals surface area contributed by atoms with Gasteiger partial charge in [0.05, 0.1) is 12.6 Å². The van der Waals surface area contributed by atoms with Crippen molar-refractivity contribution in [3.05, 3.63) is 102 Å². The fourth-order valence-corrected chi connectivity index (χ4v) is 6.58. The van der Waals surface area contributed by atoms with E-state index in [9.17, 15) is 13.2 Å². The van der Waals surface area contributed by atoms with Gasteiger partial charge >= 0.3 is 6.18 Å². The number of benzene rings is 3. The van der Waals surface area contributed by atoms with Crippen molar-refractivity contribution in [3.8, 4) is 28.4 Å². The lowest BCUT2D eigenvalue weighted by Gasteiger charge is -2.09. The van der Waals surface area contributed by atoms with Crippen molar-refractivity contribution in [1.29, 1.82) is 0 Å². The van der Waals surface area contributed by atoms with Gasteiger partial charge < -0.3 is 4.42 Å². The summed E-state index contributed by atoms with van der Waals surface area (Å²) < 4.78 is 53.8. The van der Waals surface area contributed by atoms with Gasteiger partial charge in [-0.05, 0) is 60.5 Å². The Morgan fingerprint density at radius 1 is 0.923 bits per heavy atom. The van der Waals surface area contributed by atoms with Gasteiger partial charge in [0.1, 0.15) is 10.5 Å². The lowest BCUT2D eigenvalue weighted by Crippen LogP contribution is -2.30. The average molecular weight is 541 g/mol. The van der Waals surface area contributed by atoms with Gasteiger partial charge in [-0.1, -0.05) is 30.3 Å². The third-order valence-electron chi connectivity index (χ3n) is 7.15. The molecule has 7 aromatic rings. The first-order valence-electron chi connectivity index (χ1n) is 12.3. The minimum Gasteiger partial charge on any atom is -0.422 e. The number of rotatable bonds is 3. The highest BCUT2D eigenvalue weighted by Gasteiger charge is 2.38. The first-order valence-corrected chi connectivity index (χ1v) is 13.2. The van der Waals surface area contributed by atoms with Crippen LogP contribution in [0.25, 0.3) is 60.5 Å². The van der Waals surface area contributed by atoms with Gasteiger partial charge in [-0.2, -0.15) is 17.7 Å². The molecule has 8 heteroatoms. The zero-order valence-corrected chi connectivity index (χ0v) is 21.8. The Balaban J connectivity index is 1.58. The van der Waals surface area contributed by atoms with E-state index in [0.29, 0.717) is 21.5 Å². The molecule has 3 aromatic carbocycles. The van der Waals surface area contributed by atoms with E-state index in [1.807, 2.05) is 85.3 Å². The second-order valence-electron chi connectivity index (χ2n) is 9.53. The summed E-state index contributed by atoms with van der Waals surface area (Å²) in [5, 5.41) is 1.53. The van der Waals surface area contributed by atoms with Crippen LogP contribution in [0.15, 0.2) is 95.7 Å². The number of hydrogen-bond acceptors (Lipinski definition) is 3. The number of halogens is 3. The molecule has 0 fully saturated rings. The summed E-state index contributed by atoms with van der Waals surface area (Å²) in [6, 6.07) is 24.8. The van der Waals surface area contributed by atoms with E-state index in [1.54, 1.807) is 12.1 Å². The molecule has 192 valence electrons. The third kappa shape index (κ3) is 3.66. The maximum Gasteiger partial charge on any atom is 0.426 e. The molecule has 4 aromatic heterocycles. The molecule has 0 amide bonds. The number of alkyl halides is 3. The van der Waals surface area contributed by atoms with Crippen LogP contribution in [0.2, 0.25) is 0 Å². The summed E-state index contributed by atoms with van der Waals surface area (Å²) >= 11 is 0.779. The van der Waals surface area contributed by atoms with Crippen LogP contribution in [-0.2, 0) is 13.2 Å². The maximum atomic E-state index is 14.3. The summed E-state index contributed by atoms with van der Waals surface area (Å²) in [5.74, 6) is 1.45. The number of furan rings is 1. The zero-order chi connectivity index (χ0) is 26.9. The van der Waals surface area contributed by atoms with Crippen molar-refractivity contribution in [1.82, 2.24) is 9.55 Å². The topological polar surface area (TPSA) is 34.8 Å². The molecule has 0 unspecified atom stereocenters. The predicted octanol–water partition coefficient (Wildman–Crippen LogP) is 8.47. The summed E-state index contributed by atoms with van der Waals surface area (Å²) in [7, 11) is 1.97. The second kappa shape index (κ2) is 8.54. The van der Waals surface area contributed by atoms with E-state index in [0.717, 1.165) is 50.3 Å². The molecule has 0 bridgehead atoms. The van der Waals surface area contributed by atoms with Crippen molar-refractivity contribution in [2.24, 2.45) is 7.05 Å². The smallest absolute Gasteiger partial charge is 0.422 e. The van der Waals surface area contributed by atoms with E-state index in [4.69, 9.17) is 4.42 Å². The predicted molar refractivity (Wildman–Crippen MR) is 148 cm³/mol. The fraction of sp³-hybridized carbons (Fsp3) is 0.0968. The number of nitrogens with zero attached hydrogens (tertiary/aromatic N) is 3. The van der Waals surface area contributed by atoms with E-state index >= 15 is 0 Å². The molecular weight excluding hydrogens is 519 g/mol. The van der Waals surface area contributed by atoms with Crippen LogP contribution in [0.4, 0.5) is 13.2 Å². The fourth-order valence-electron chi connectivity index (χ4n) is 5.41. The number of para-hydroxylation sites is 3. The quantitative estimate of drug-likeness (QED) is 0.211. The Morgan fingerprint density at radius 3 is 2.44 bits per heavy atom. The minimum atomic E-state index is -4.48. The van der Waals surface area contributed by atoms with E-state index in [-0.39, 0.29) is 5.56 Å². The van der Waals surface area contributed by atoms with Gasteiger partial charge in [-0.25, -0.2) is 4.57 Å². The first-order chi connectivity index (χ1) is 18.8. The number of aromatic nitrogens is 3. The van der Waals surface area contributed by atoms with Gasteiger partial charge in [0, 0.05) is 39.5 Å². The Hall–Kier alpha value is -4.43. The lowest BCUT2D eigenvalue weighted by atomic mass is 9.98. The number of fused-ring (bicyclic) bond motifs is 3. The standard InChI is InChI=1S/C31H21F3N3OS/c1-18-15-26-22(28(19-11-13-35-14-12-19)29(39-26)31(32,33)34)17-21(18)30-36(2)23-8-4-5-9-24(23)37(30)27-16-20-7-3-6-10-25(20)38-27/h3-17H,1-2H3/q+1. The number of thiophene rings is 1. The number of aryl methyl sites for hydroxylation is 2. The molecule has 7 rings (SSSR count). The molecule has 0 radical (unpaired) electrons. The van der Waals surface area contributed by atoms with Crippen molar-refractivity contribution in [3.63, 3.8) is 0 Å². The van der Waals surface area contributed by atoms with Gasteiger partial charge in [-0.3, -0.25) is 4.98 Å². The van der Waals surface area contributed by atoms with Crippen LogP contribution < -0.4 is 4.57 Å². The summed E-state index contributed by atoms with van der Waals surface area (Å²) in [6.45, 7) is 1.94. The molecule has 0 saturated carbocycles. The van der Waals surface area contributed by atoms with Crippen LogP contribution in [0.5, 0.6) is 0 Å². The van der Waals surface area contributed by atoms with Gasteiger partial charge in [0.2, 0.25) is 0 Å². The highest BCUT2D eigenvalue weighted by Crippen LogP contribution is 2.48. The molecular formula is C31H21F3N3OS+. The van der Waals surface area contributed by atoms with E-state index in [2.05, 4.69) is 9.55 Å². The van der Waals surface area contributed by atoms with Crippen LogP contribution in [0.3, 0.4) is 0 Å². The molecule has 0 atom stereocenters. The Morgan fingerprint density at radius 2 is 1.67 bits per heavy atom. The zero-order valence-electron chi connectivity index (χ0n) is 21.0. The van der Waals surface area contributed by atoms with Crippen LogP contribution >= 0.6 is 11.3 Å². The van der Waals surface area contributed by atoms with Crippen molar-refractivity contribution < 1.29 is 22.2 Å². The van der Waals surface area contributed by atoms with E-state index < -0.39 is 11.1 Å². The SMILES string of the molecule is Cc1cc2sc(C(F)(F)F)c(-c3ccncc3)c2cc1-c1n(-c2cc3ccccc3o2)c2ccccc2[n+]1C. The molecule has 0 aliphatic heterocycles. The molecule has 4 nitrogen and oxygen atoms in total. The molecule has 0 aliphatic carbocycles. The molecule has 0 saturated heterocycles. The molecule has 0 aliphatic rings. The van der Waals surface area contributed by atoms with Gasteiger partial charge in [-0.15, -0.1) is 11.3 Å². The summed E-state index contributed by atoms with van der Waals surface area (Å²) in [4.78, 5) is 3.40. The van der Waals surface area contributed by atoms with E-state index in [1.165, 1.54) is 12.4 Å². The molecule has 0 N–H and O–H groups in total. The largest absolute Gasteiger partial charge is 0.426 e. The normalized spacial score (nSPS) is 12.2. The van der Waals surface area contributed by atoms with Crippen LogP contribution in [-0.4, -0.2) is 9.55 Å². The van der Waals surface area contributed by atoms with Crippen molar-refractivity contribution in [2.75, 3.05) is 0 Å². The highest BCUT2D eigenvalue weighted by molar-refractivity contribution is 7.19. The number of pyridine rings is 1. The second-order valence-corrected chi connectivity index (χ2v) is 10.6. The number of imidazole rings is 1.